The molecule has 2 atom stereocenters. The van der Waals surface area contributed by atoms with Gasteiger partial charge in [0.05, 0.1) is 6.61 Å². The van der Waals surface area contributed by atoms with Gasteiger partial charge in [0.25, 0.3) is 5.69 Å². The first-order valence-electron chi connectivity index (χ1n) is 8.92. The van der Waals surface area contributed by atoms with Gasteiger partial charge >= 0.3 is 11.6 Å². The summed E-state index contributed by atoms with van der Waals surface area (Å²) in [4.78, 5) is 12.3. The van der Waals surface area contributed by atoms with E-state index in [4.69, 9.17) is 16.3 Å². The highest BCUT2D eigenvalue weighted by molar-refractivity contribution is 6.29. The Kier molecular flexibility index (Phi) is 4.99. The second-order valence-corrected chi connectivity index (χ2v) is 6.97. The fraction of sp³-hybridized carbons (Fsp3) is 0.316. The maximum absolute atomic E-state index is 14.1. The third-order valence-electron chi connectivity index (χ3n) is 4.86. The number of hydrogen-bond acceptors (Lipinski definition) is 4. The summed E-state index contributed by atoms with van der Waals surface area (Å²) >= 11 is 5.99. The fourth-order valence-electron chi connectivity index (χ4n) is 3.60. The van der Waals surface area contributed by atoms with Crippen molar-refractivity contribution in [2.45, 2.75) is 25.4 Å². The summed E-state index contributed by atoms with van der Waals surface area (Å²) in [6.07, 6.45) is 2.18. The molecule has 0 saturated carbocycles. The average molecular weight is 408 g/mol. The van der Waals surface area contributed by atoms with E-state index in [1.165, 1.54) is 10.6 Å². The molecule has 1 saturated heterocycles. The molecule has 3 heterocycles. The van der Waals surface area contributed by atoms with Gasteiger partial charge in [-0.15, -0.1) is 0 Å². The molecule has 0 spiro atoms. The van der Waals surface area contributed by atoms with Crippen LogP contribution < -0.4 is 9.88 Å². The summed E-state index contributed by atoms with van der Waals surface area (Å²) in [5.41, 5.74) is 1.19. The Balaban J connectivity index is 1.70. The van der Waals surface area contributed by atoms with Crippen LogP contribution in [0.2, 0.25) is 5.15 Å². The van der Waals surface area contributed by atoms with E-state index in [9.17, 15) is 13.6 Å². The molecular formula is C19H18ClF2N4O2+. The van der Waals surface area contributed by atoms with Crippen molar-refractivity contribution in [2.24, 2.45) is 0 Å². The third kappa shape index (κ3) is 3.33. The maximum Gasteiger partial charge on any atom is 0.384 e. The summed E-state index contributed by atoms with van der Waals surface area (Å²) in [7, 11) is 0. The van der Waals surface area contributed by atoms with Crippen molar-refractivity contribution >= 4 is 23.2 Å². The molecule has 6 nitrogen and oxygen atoms in total. The van der Waals surface area contributed by atoms with E-state index < -0.39 is 17.6 Å². The molecule has 28 heavy (non-hydrogen) atoms. The molecule has 0 bridgehead atoms. The van der Waals surface area contributed by atoms with Crippen LogP contribution in [0.25, 0.3) is 5.65 Å². The minimum atomic E-state index is -0.510. The topological polar surface area (TPSA) is 59.5 Å². The van der Waals surface area contributed by atoms with E-state index in [0.717, 1.165) is 12.1 Å². The number of nitrogens with zero attached hydrogens (tertiary/aromatic N) is 3. The van der Waals surface area contributed by atoms with Crippen molar-refractivity contribution in [3.8, 4) is 0 Å². The number of fused-ring (bicyclic) bond motifs is 1. The van der Waals surface area contributed by atoms with Gasteiger partial charge in [0, 0.05) is 30.6 Å². The van der Waals surface area contributed by atoms with Crippen molar-refractivity contribution in [3.63, 3.8) is 0 Å². The summed E-state index contributed by atoms with van der Waals surface area (Å²) in [6.45, 7) is 2.48. The smallest absolute Gasteiger partial charge is 0.384 e. The lowest BCUT2D eigenvalue weighted by atomic mass is 10.0. The van der Waals surface area contributed by atoms with Crippen molar-refractivity contribution in [1.29, 1.82) is 0 Å². The summed E-state index contributed by atoms with van der Waals surface area (Å²) in [5, 5.41) is 7.67. The van der Waals surface area contributed by atoms with E-state index in [-0.39, 0.29) is 29.5 Å². The number of nitrogens with one attached hydrogen (secondary N) is 1. The largest absolute Gasteiger partial charge is 0.460 e. The molecule has 146 valence electrons. The number of ether oxygens (including phenoxy) is 1. The van der Waals surface area contributed by atoms with Crippen LogP contribution in [0.15, 0.2) is 36.5 Å². The third-order valence-corrected chi connectivity index (χ3v) is 5.06. The zero-order chi connectivity index (χ0) is 19.8. The predicted octanol–water partition coefficient (Wildman–Crippen LogP) is 3.01. The number of imidazole rings is 1. The minimum absolute atomic E-state index is 0.0891. The quantitative estimate of drug-likeness (QED) is 0.533. The predicted molar refractivity (Wildman–Crippen MR) is 97.1 cm³/mol. The van der Waals surface area contributed by atoms with Crippen LogP contribution >= 0.6 is 11.6 Å². The van der Waals surface area contributed by atoms with Crippen LogP contribution in [0.5, 0.6) is 0 Å². The molecule has 1 N–H and O–H groups in total. The van der Waals surface area contributed by atoms with Gasteiger partial charge in [-0.25, -0.2) is 18.1 Å². The molecule has 2 aromatic heterocycles. The lowest BCUT2D eigenvalue weighted by Crippen LogP contribution is -2.39. The number of rotatable bonds is 4. The number of aromatic nitrogens is 3. The van der Waals surface area contributed by atoms with E-state index in [1.54, 1.807) is 25.3 Å². The molecule has 1 fully saturated rings. The number of halogens is 3. The number of esters is 1. The zero-order valence-electron chi connectivity index (χ0n) is 15.0. The highest BCUT2D eigenvalue weighted by Gasteiger charge is 2.35. The number of benzene rings is 1. The number of carbonyl (C=O) groups excluding carboxylic acids is 1. The fourth-order valence-corrected chi connectivity index (χ4v) is 3.74. The molecule has 0 aliphatic carbocycles. The van der Waals surface area contributed by atoms with E-state index >= 15 is 0 Å². The molecule has 0 radical (unpaired) electrons. The molecule has 3 aromatic rings. The van der Waals surface area contributed by atoms with Gasteiger partial charge in [-0.2, -0.15) is 0 Å². The maximum atomic E-state index is 14.1. The van der Waals surface area contributed by atoms with Crippen LogP contribution in [-0.2, 0) is 4.74 Å². The second kappa shape index (κ2) is 7.44. The van der Waals surface area contributed by atoms with Crippen molar-refractivity contribution < 1.29 is 22.9 Å². The Hall–Kier alpha value is -2.58. The van der Waals surface area contributed by atoms with Gasteiger partial charge in [0.2, 0.25) is 0 Å². The molecule has 0 amide bonds. The van der Waals surface area contributed by atoms with E-state index in [1.807, 2.05) is 4.57 Å². The number of carbonyl (C=O) groups is 1. The first-order valence-corrected chi connectivity index (χ1v) is 9.30. The molecule has 4 rings (SSSR count). The van der Waals surface area contributed by atoms with Crippen LogP contribution in [0.1, 0.15) is 41.5 Å². The summed E-state index contributed by atoms with van der Waals surface area (Å²) < 4.78 is 36.1. The van der Waals surface area contributed by atoms with Crippen LogP contribution in [-0.4, -0.2) is 28.7 Å². The number of hydrogen-bond donors (Lipinski definition) is 1. The standard InChI is InChI=1S/C19H18ClF2N4O2/c1-2-28-19(27)16-10-25(18-6-5-17(20)24-26(16)18)12-8-15(23-9-12)13-7-11(21)3-4-14(13)22/h3-7,10,12,15,23H,2,8-9H2,1H3/q+1/t12?,15-/m1/s1. The van der Waals surface area contributed by atoms with Crippen molar-refractivity contribution in [2.75, 3.05) is 13.2 Å². The van der Waals surface area contributed by atoms with Gasteiger partial charge in [-0.3, -0.25) is 0 Å². The van der Waals surface area contributed by atoms with Gasteiger partial charge in [0.1, 0.15) is 23.9 Å². The second-order valence-electron chi connectivity index (χ2n) is 6.58. The lowest BCUT2D eigenvalue weighted by Gasteiger charge is -2.11. The highest BCUT2D eigenvalue weighted by atomic mass is 35.5. The first-order chi connectivity index (χ1) is 13.5. The molecule has 1 aliphatic heterocycles. The highest BCUT2D eigenvalue weighted by Crippen LogP contribution is 2.30. The van der Waals surface area contributed by atoms with E-state index in [0.29, 0.717) is 24.2 Å². The normalized spacial score (nSPS) is 19.3. The Bertz CT molecular complexity index is 1060. The lowest BCUT2D eigenvalue weighted by molar-refractivity contribution is -0.694. The SMILES string of the molecule is CCOC(=O)c1c[n+](C2CN[C@@H](c3cc(F)ccc3F)C2)c2ccc(Cl)nn12. The summed E-state index contributed by atoms with van der Waals surface area (Å²) in [6, 6.07) is 6.41. The van der Waals surface area contributed by atoms with Gasteiger partial charge in [-0.1, -0.05) is 21.2 Å². The van der Waals surface area contributed by atoms with Gasteiger partial charge < -0.3 is 10.1 Å². The molecule has 1 aromatic carbocycles. The Labute approximate surface area is 164 Å². The van der Waals surface area contributed by atoms with Crippen LogP contribution in [0, 0.1) is 11.6 Å². The van der Waals surface area contributed by atoms with Gasteiger partial charge in [0.15, 0.2) is 5.15 Å². The van der Waals surface area contributed by atoms with Crippen LogP contribution in [0.4, 0.5) is 8.78 Å². The average Bonchev–Trinajstić information content (AvgIpc) is 3.28. The molecule has 1 unspecified atom stereocenters. The molecule has 9 heteroatoms. The van der Waals surface area contributed by atoms with Crippen molar-refractivity contribution in [3.05, 3.63) is 64.6 Å². The summed E-state index contributed by atoms with van der Waals surface area (Å²) in [5.74, 6) is -1.44. The minimum Gasteiger partial charge on any atom is -0.460 e. The first kappa shape index (κ1) is 18.8. The molecule has 1 aliphatic rings. The monoisotopic (exact) mass is 407 g/mol. The Morgan fingerprint density at radius 3 is 3.00 bits per heavy atom. The van der Waals surface area contributed by atoms with Gasteiger partial charge in [-0.05, 0) is 31.2 Å². The Morgan fingerprint density at radius 1 is 1.39 bits per heavy atom. The Morgan fingerprint density at radius 2 is 2.21 bits per heavy atom. The van der Waals surface area contributed by atoms with E-state index in [2.05, 4.69) is 10.4 Å². The molecular weight excluding hydrogens is 390 g/mol. The van der Waals surface area contributed by atoms with Crippen LogP contribution in [0.3, 0.4) is 0 Å². The van der Waals surface area contributed by atoms with Crippen molar-refractivity contribution in [1.82, 2.24) is 14.9 Å². The zero-order valence-corrected chi connectivity index (χ0v) is 15.8.